The van der Waals surface area contributed by atoms with E-state index in [1.54, 1.807) is 91.0 Å². The molecule has 1 N–H and O–H groups in total. The summed E-state index contributed by atoms with van der Waals surface area (Å²) in [5.41, 5.74) is 2.55. The molecule has 5 rings (SSSR count). The summed E-state index contributed by atoms with van der Waals surface area (Å²) in [6, 6.07) is 25.9. The van der Waals surface area contributed by atoms with Gasteiger partial charge in [0.2, 0.25) is 0 Å². The number of urea groups is 1. The van der Waals surface area contributed by atoms with E-state index < -0.39 is 23.8 Å². The number of carbonyl (C=O) groups excluding carboxylic acids is 3. The first kappa shape index (κ1) is 30.5. The van der Waals surface area contributed by atoms with E-state index in [1.807, 2.05) is 6.92 Å². The second-order valence-corrected chi connectivity index (χ2v) is 10.0. The number of hydrogen-bond donors (Lipinski definition) is 1. The maximum atomic E-state index is 13.8. The molecule has 0 radical (unpaired) electrons. The SMILES string of the molecule is C=CCc1cc(C=C2C(=O)N(c3ccccc3)C(=O)N(c3ccccc3)C2=O)cc(OCC)c1OCc1ccc(C(=O)O)cc1. The van der Waals surface area contributed by atoms with Gasteiger partial charge in [-0.05, 0) is 79.1 Å². The first-order valence-corrected chi connectivity index (χ1v) is 14.2. The van der Waals surface area contributed by atoms with Crippen LogP contribution in [0.25, 0.3) is 6.08 Å². The van der Waals surface area contributed by atoms with Crippen LogP contribution in [0.1, 0.15) is 34.0 Å². The van der Waals surface area contributed by atoms with Gasteiger partial charge in [-0.25, -0.2) is 19.4 Å². The lowest BCUT2D eigenvalue weighted by Gasteiger charge is -2.34. The summed E-state index contributed by atoms with van der Waals surface area (Å²) in [7, 11) is 0. The Kier molecular flexibility index (Phi) is 9.19. The number of para-hydroxylation sites is 2. The summed E-state index contributed by atoms with van der Waals surface area (Å²) in [5, 5.41) is 9.18. The number of imide groups is 2. The molecule has 1 fully saturated rings. The zero-order valence-corrected chi connectivity index (χ0v) is 24.5. The largest absolute Gasteiger partial charge is 0.490 e. The summed E-state index contributed by atoms with van der Waals surface area (Å²) in [4.78, 5) is 54.4. The van der Waals surface area contributed by atoms with Crippen molar-refractivity contribution in [3.63, 3.8) is 0 Å². The molecule has 0 spiro atoms. The van der Waals surface area contributed by atoms with Crippen molar-refractivity contribution in [2.45, 2.75) is 20.0 Å². The van der Waals surface area contributed by atoms with Gasteiger partial charge in [-0.15, -0.1) is 6.58 Å². The molecule has 0 aliphatic carbocycles. The van der Waals surface area contributed by atoms with E-state index in [4.69, 9.17) is 9.47 Å². The van der Waals surface area contributed by atoms with Gasteiger partial charge in [0, 0.05) is 5.56 Å². The molecule has 1 heterocycles. The molecule has 4 aromatic carbocycles. The Morgan fingerprint density at radius 2 is 1.40 bits per heavy atom. The Labute approximate surface area is 260 Å². The van der Waals surface area contributed by atoms with Gasteiger partial charge >= 0.3 is 12.0 Å². The monoisotopic (exact) mass is 602 g/mol. The summed E-state index contributed by atoms with van der Waals surface area (Å²) in [6.45, 7) is 6.13. The molecule has 0 aromatic heterocycles. The number of allylic oxidation sites excluding steroid dienone is 1. The normalized spacial score (nSPS) is 13.1. The Hall–Kier alpha value is -5.96. The van der Waals surface area contributed by atoms with Crippen molar-refractivity contribution in [1.82, 2.24) is 0 Å². The molecule has 1 aliphatic heterocycles. The van der Waals surface area contributed by atoms with Crippen LogP contribution in [0, 0.1) is 0 Å². The molecule has 9 heteroatoms. The first-order chi connectivity index (χ1) is 21.8. The van der Waals surface area contributed by atoms with Gasteiger partial charge in [-0.3, -0.25) is 9.59 Å². The van der Waals surface area contributed by atoms with Crippen molar-refractivity contribution in [3.8, 4) is 11.5 Å². The van der Waals surface area contributed by atoms with Gasteiger partial charge in [-0.2, -0.15) is 0 Å². The van der Waals surface area contributed by atoms with E-state index in [9.17, 15) is 24.3 Å². The lowest BCUT2D eigenvalue weighted by Crippen LogP contribution is -2.57. The van der Waals surface area contributed by atoms with E-state index in [-0.39, 0.29) is 17.7 Å². The van der Waals surface area contributed by atoms with Crippen molar-refractivity contribution in [1.29, 1.82) is 0 Å². The Balaban J connectivity index is 1.56. The minimum Gasteiger partial charge on any atom is -0.490 e. The minimum absolute atomic E-state index is 0.141. The van der Waals surface area contributed by atoms with Crippen LogP contribution in [0.3, 0.4) is 0 Å². The molecule has 4 aromatic rings. The van der Waals surface area contributed by atoms with Gasteiger partial charge in [0.05, 0.1) is 23.5 Å². The zero-order valence-electron chi connectivity index (χ0n) is 24.5. The number of ether oxygens (including phenoxy) is 2. The van der Waals surface area contributed by atoms with Crippen LogP contribution in [0.4, 0.5) is 16.2 Å². The molecule has 9 nitrogen and oxygen atoms in total. The van der Waals surface area contributed by atoms with Crippen LogP contribution >= 0.6 is 0 Å². The first-order valence-electron chi connectivity index (χ1n) is 14.2. The van der Waals surface area contributed by atoms with Gasteiger partial charge in [0.15, 0.2) is 11.5 Å². The smallest absolute Gasteiger partial charge is 0.343 e. The van der Waals surface area contributed by atoms with E-state index in [0.717, 1.165) is 15.4 Å². The number of carboxylic acids is 1. The predicted molar refractivity (Wildman–Crippen MR) is 170 cm³/mol. The zero-order chi connectivity index (χ0) is 31.9. The summed E-state index contributed by atoms with van der Waals surface area (Å²) >= 11 is 0. The molecule has 1 saturated heterocycles. The van der Waals surface area contributed by atoms with Crippen molar-refractivity contribution < 1.29 is 33.8 Å². The van der Waals surface area contributed by atoms with Crippen LogP contribution in [0.15, 0.2) is 115 Å². The highest BCUT2D eigenvalue weighted by Gasteiger charge is 2.43. The van der Waals surface area contributed by atoms with Crippen molar-refractivity contribution >= 4 is 41.3 Å². The number of benzene rings is 4. The van der Waals surface area contributed by atoms with Gasteiger partial charge in [0.25, 0.3) is 11.8 Å². The molecule has 1 aliphatic rings. The fourth-order valence-electron chi connectivity index (χ4n) is 4.91. The van der Waals surface area contributed by atoms with Crippen molar-refractivity contribution in [2.24, 2.45) is 0 Å². The molecule has 0 atom stereocenters. The maximum absolute atomic E-state index is 13.8. The fraction of sp³-hybridized carbons (Fsp3) is 0.111. The molecular weight excluding hydrogens is 572 g/mol. The van der Waals surface area contributed by atoms with Crippen LogP contribution in [0.5, 0.6) is 11.5 Å². The van der Waals surface area contributed by atoms with E-state index in [2.05, 4.69) is 6.58 Å². The number of aromatic carboxylic acids is 1. The average Bonchev–Trinajstić information content (AvgIpc) is 3.04. The number of carbonyl (C=O) groups is 4. The Morgan fingerprint density at radius 1 is 0.822 bits per heavy atom. The highest BCUT2D eigenvalue weighted by Crippen LogP contribution is 2.36. The summed E-state index contributed by atoms with van der Waals surface area (Å²) in [6.07, 6.45) is 3.53. The van der Waals surface area contributed by atoms with Crippen LogP contribution < -0.4 is 19.3 Å². The number of barbiturate groups is 1. The molecule has 226 valence electrons. The van der Waals surface area contributed by atoms with Crippen LogP contribution in [0.2, 0.25) is 0 Å². The number of anilines is 2. The molecule has 0 saturated carbocycles. The van der Waals surface area contributed by atoms with E-state index in [1.165, 1.54) is 18.2 Å². The standard InChI is InChI=1S/C36H30N2O7/c1-3-11-27-20-25(22-31(44-4-2)32(27)45-23-24-16-18-26(19-17-24)35(41)42)21-30-33(39)37(28-12-7-5-8-13-28)36(43)38(34(30)40)29-14-9-6-10-15-29/h3,5-10,12-22H,1,4,11,23H2,2H3,(H,41,42). The summed E-state index contributed by atoms with van der Waals surface area (Å²) < 4.78 is 12.1. The number of nitrogens with zero attached hydrogens (tertiary/aromatic N) is 2. The van der Waals surface area contributed by atoms with Crippen LogP contribution in [-0.2, 0) is 22.6 Å². The lowest BCUT2D eigenvalue weighted by atomic mass is 10.0. The highest BCUT2D eigenvalue weighted by molar-refractivity contribution is 6.46. The molecule has 0 unspecified atom stereocenters. The number of amides is 4. The molecule has 45 heavy (non-hydrogen) atoms. The third-order valence-corrected chi connectivity index (χ3v) is 6.99. The van der Waals surface area contributed by atoms with Crippen LogP contribution in [-0.4, -0.2) is 35.5 Å². The molecule has 0 bridgehead atoms. The average molecular weight is 603 g/mol. The quantitative estimate of drug-likeness (QED) is 0.116. The molecular formula is C36H30N2O7. The van der Waals surface area contributed by atoms with E-state index in [0.29, 0.717) is 47.0 Å². The van der Waals surface area contributed by atoms with Crippen molar-refractivity contribution in [2.75, 3.05) is 16.4 Å². The van der Waals surface area contributed by atoms with Crippen molar-refractivity contribution in [3.05, 3.63) is 138 Å². The third-order valence-electron chi connectivity index (χ3n) is 6.99. The molecule has 4 amide bonds. The number of hydrogen-bond acceptors (Lipinski definition) is 6. The van der Waals surface area contributed by atoms with Gasteiger partial charge < -0.3 is 14.6 Å². The fourth-order valence-corrected chi connectivity index (χ4v) is 4.91. The topological polar surface area (TPSA) is 113 Å². The lowest BCUT2D eigenvalue weighted by molar-refractivity contribution is -0.121. The Bertz CT molecular complexity index is 1720. The highest BCUT2D eigenvalue weighted by atomic mass is 16.5. The second kappa shape index (κ2) is 13.6. The van der Waals surface area contributed by atoms with Gasteiger partial charge in [-0.1, -0.05) is 54.6 Å². The second-order valence-electron chi connectivity index (χ2n) is 10.0. The van der Waals surface area contributed by atoms with Gasteiger partial charge in [0.1, 0.15) is 12.2 Å². The van der Waals surface area contributed by atoms with E-state index >= 15 is 0 Å². The minimum atomic E-state index is -1.02. The Morgan fingerprint density at radius 3 is 1.91 bits per heavy atom. The predicted octanol–water partition coefficient (Wildman–Crippen LogP) is 6.67. The maximum Gasteiger partial charge on any atom is 0.343 e. The third kappa shape index (κ3) is 6.52. The summed E-state index contributed by atoms with van der Waals surface area (Å²) in [5.74, 6) is -1.68. The number of carboxylic acid groups (broad SMARTS) is 1. The number of rotatable bonds is 11.